The Bertz CT molecular complexity index is 1130. The summed E-state index contributed by atoms with van der Waals surface area (Å²) in [5, 5.41) is 9.84. The Morgan fingerprint density at radius 3 is 2.86 bits per heavy atom. The van der Waals surface area contributed by atoms with Gasteiger partial charge in [0.15, 0.2) is 0 Å². The Morgan fingerprint density at radius 1 is 1.39 bits per heavy atom. The molecule has 3 aromatic rings. The summed E-state index contributed by atoms with van der Waals surface area (Å²) < 4.78 is 16.9. The van der Waals surface area contributed by atoms with Gasteiger partial charge in [-0.05, 0) is 31.0 Å². The lowest BCUT2D eigenvalue weighted by molar-refractivity contribution is 0.501. The van der Waals surface area contributed by atoms with Crippen LogP contribution in [0.1, 0.15) is 18.4 Å². The van der Waals surface area contributed by atoms with Crippen molar-refractivity contribution < 1.29 is 4.39 Å². The second-order valence-electron chi connectivity index (χ2n) is 6.83. The van der Waals surface area contributed by atoms with Crippen molar-refractivity contribution in [2.75, 3.05) is 18.0 Å². The normalized spacial score (nSPS) is 16.6. The van der Waals surface area contributed by atoms with E-state index in [-0.39, 0.29) is 29.5 Å². The van der Waals surface area contributed by atoms with Crippen LogP contribution in [0, 0.1) is 17.1 Å². The predicted octanol–water partition coefficient (Wildman–Crippen LogP) is 2.08. The minimum Gasteiger partial charge on any atom is -0.355 e. The highest BCUT2D eigenvalue weighted by Crippen LogP contribution is 2.34. The fraction of sp³-hybridized carbons (Fsp3) is 0.316. The summed E-state index contributed by atoms with van der Waals surface area (Å²) in [6, 6.07) is 8.15. The van der Waals surface area contributed by atoms with Crippen LogP contribution >= 0.6 is 12.4 Å². The van der Waals surface area contributed by atoms with Gasteiger partial charge in [-0.2, -0.15) is 5.26 Å². The molecule has 0 aliphatic carbocycles. The van der Waals surface area contributed by atoms with E-state index < -0.39 is 5.82 Å². The Morgan fingerprint density at radius 2 is 2.18 bits per heavy atom. The van der Waals surface area contributed by atoms with Gasteiger partial charge in [-0.15, -0.1) is 12.4 Å². The Labute approximate surface area is 167 Å². The summed E-state index contributed by atoms with van der Waals surface area (Å²) >= 11 is 0. The molecule has 146 valence electrons. The van der Waals surface area contributed by atoms with Crippen molar-refractivity contribution in [2.45, 2.75) is 18.9 Å². The zero-order chi connectivity index (χ0) is 19.1. The van der Waals surface area contributed by atoms with Crippen molar-refractivity contribution in [1.29, 1.82) is 5.26 Å². The molecular weight excluding hydrogens is 383 g/mol. The minimum atomic E-state index is -0.421. The van der Waals surface area contributed by atoms with Gasteiger partial charge in [0, 0.05) is 26.2 Å². The van der Waals surface area contributed by atoms with E-state index in [9.17, 15) is 14.4 Å². The van der Waals surface area contributed by atoms with Gasteiger partial charge in [0.1, 0.15) is 34.3 Å². The van der Waals surface area contributed by atoms with E-state index in [0.29, 0.717) is 35.7 Å². The molecule has 0 radical (unpaired) electrons. The molecule has 0 saturated carbocycles. The molecule has 0 bridgehead atoms. The van der Waals surface area contributed by atoms with Crippen molar-refractivity contribution in [3.8, 4) is 11.8 Å². The first kappa shape index (κ1) is 19.9. The average molecular weight is 403 g/mol. The molecule has 4 rings (SSSR count). The van der Waals surface area contributed by atoms with Gasteiger partial charge in [-0.1, -0.05) is 6.07 Å². The van der Waals surface area contributed by atoms with Crippen LogP contribution in [0.4, 0.5) is 10.2 Å². The van der Waals surface area contributed by atoms with Gasteiger partial charge in [0.25, 0.3) is 5.56 Å². The summed E-state index contributed by atoms with van der Waals surface area (Å²) in [7, 11) is 1.60. The number of fused-ring (bicyclic) bond motifs is 1. The number of nitrogens with zero attached hydrogens (tertiary/aromatic N) is 5. The number of piperidine rings is 1. The molecule has 0 spiro atoms. The smallest absolute Gasteiger partial charge is 0.278 e. The lowest BCUT2D eigenvalue weighted by Crippen LogP contribution is -2.43. The zero-order valence-electron chi connectivity index (χ0n) is 15.3. The summed E-state index contributed by atoms with van der Waals surface area (Å²) in [6.07, 6.45) is 3.17. The van der Waals surface area contributed by atoms with Crippen LogP contribution in [-0.2, 0) is 7.05 Å². The van der Waals surface area contributed by atoms with Crippen molar-refractivity contribution >= 4 is 29.3 Å². The molecular formula is C19H20ClFN6O. The van der Waals surface area contributed by atoms with Gasteiger partial charge < -0.3 is 15.2 Å². The molecule has 1 aliphatic rings. The molecule has 2 aromatic heterocycles. The van der Waals surface area contributed by atoms with Crippen LogP contribution in [0.3, 0.4) is 0 Å². The molecule has 1 saturated heterocycles. The number of aromatic nitrogens is 3. The van der Waals surface area contributed by atoms with Gasteiger partial charge in [0.05, 0.1) is 12.0 Å². The van der Waals surface area contributed by atoms with Gasteiger partial charge in [-0.3, -0.25) is 9.36 Å². The first-order chi connectivity index (χ1) is 13.0. The summed E-state index contributed by atoms with van der Waals surface area (Å²) in [6.45, 7) is 1.26. The predicted molar refractivity (Wildman–Crippen MR) is 108 cm³/mol. The van der Waals surface area contributed by atoms with E-state index in [2.05, 4.69) is 11.1 Å². The molecule has 0 amide bonds. The third-order valence-corrected chi connectivity index (χ3v) is 4.94. The minimum absolute atomic E-state index is 0. The highest BCUT2D eigenvalue weighted by molar-refractivity contribution is 5.91. The molecule has 1 aromatic carbocycles. The number of rotatable bonds is 2. The third-order valence-electron chi connectivity index (χ3n) is 4.94. The molecule has 3 heterocycles. The average Bonchev–Trinajstić information content (AvgIpc) is 2.99. The SMILES string of the molecule is Cl.Cn1cnc2c(C#N)c(N3CCCC(N)C3)n(-c3cccc(F)c3)c2c1=O. The summed E-state index contributed by atoms with van der Waals surface area (Å²) in [5.74, 6) is 0.124. The zero-order valence-corrected chi connectivity index (χ0v) is 16.1. The molecule has 2 N–H and O–H groups in total. The fourth-order valence-corrected chi connectivity index (χ4v) is 3.71. The quantitative estimate of drug-likeness (QED) is 0.708. The van der Waals surface area contributed by atoms with E-state index in [1.807, 2.05) is 4.90 Å². The lowest BCUT2D eigenvalue weighted by atomic mass is 10.1. The molecule has 1 fully saturated rings. The largest absolute Gasteiger partial charge is 0.355 e. The van der Waals surface area contributed by atoms with Gasteiger partial charge in [-0.25, -0.2) is 9.37 Å². The van der Waals surface area contributed by atoms with Crippen LogP contribution < -0.4 is 16.2 Å². The lowest BCUT2D eigenvalue weighted by Gasteiger charge is -2.33. The van der Waals surface area contributed by atoms with Crippen molar-refractivity contribution in [1.82, 2.24) is 14.1 Å². The Kier molecular flexibility index (Phi) is 5.40. The van der Waals surface area contributed by atoms with Crippen LogP contribution in [0.2, 0.25) is 0 Å². The standard InChI is InChI=1S/C19H19FN6O.ClH/c1-24-11-23-16-15(9-21)18(25-7-3-5-13(22)10-25)26(17(16)19(24)27)14-6-2-4-12(20)8-14;/h2,4,6,8,11,13H,3,5,7,10,22H2,1H3;1H. The number of nitrogens with two attached hydrogens (primary N) is 1. The number of hydrogen-bond donors (Lipinski definition) is 1. The second kappa shape index (κ2) is 7.62. The maximum atomic E-state index is 13.9. The van der Waals surface area contributed by atoms with Crippen LogP contribution in [0.25, 0.3) is 16.7 Å². The maximum Gasteiger partial charge on any atom is 0.278 e. The number of anilines is 1. The van der Waals surface area contributed by atoms with E-state index in [1.165, 1.54) is 23.0 Å². The third kappa shape index (κ3) is 3.13. The maximum absolute atomic E-state index is 13.9. The molecule has 7 nitrogen and oxygen atoms in total. The fourth-order valence-electron chi connectivity index (χ4n) is 3.71. The number of aryl methyl sites for hydroxylation is 1. The summed E-state index contributed by atoms with van der Waals surface area (Å²) in [4.78, 5) is 19.2. The number of halogens is 2. The highest BCUT2D eigenvalue weighted by Gasteiger charge is 2.29. The second-order valence-corrected chi connectivity index (χ2v) is 6.83. The number of hydrogen-bond acceptors (Lipinski definition) is 5. The van der Waals surface area contributed by atoms with Crippen molar-refractivity contribution in [3.05, 3.63) is 52.3 Å². The van der Waals surface area contributed by atoms with E-state index in [1.54, 1.807) is 23.7 Å². The van der Waals surface area contributed by atoms with E-state index in [4.69, 9.17) is 5.73 Å². The molecule has 1 aliphatic heterocycles. The molecule has 1 atom stereocenters. The molecule has 9 heteroatoms. The number of benzene rings is 1. The van der Waals surface area contributed by atoms with Crippen LogP contribution in [0.15, 0.2) is 35.4 Å². The van der Waals surface area contributed by atoms with Crippen molar-refractivity contribution in [3.63, 3.8) is 0 Å². The topological polar surface area (TPSA) is 92.9 Å². The Balaban J connectivity index is 0.00000225. The van der Waals surface area contributed by atoms with Crippen molar-refractivity contribution in [2.24, 2.45) is 12.8 Å². The highest BCUT2D eigenvalue weighted by atomic mass is 35.5. The van der Waals surface area contributed by atoms with E-state index >= 15 is 0 Å². The first-order valence-electron chi connectivity index (χ1n) is 8.78. The monoisotopic (exact) mass is 402 g/mol. The van der Waals surface area contributed by atoms with Crippen LogP contribution in [-0.4, -0.2) is 33.2 Å². The number of nitriles is 1. The first-order valence-corrected chi connectivity index (χ1v) is 8.78. The van der Waals surface area contributed by atoms with Gasteiger partial charge in [0.2, 0.25) is 0 Å². The van der Waals surface area contributed by atoms with Gasteiger partial charge >= 0.3 is 0 Å². The van der Waals surface area contributed by atoms with Crippen LogP contribution in [0.5, 0.6) is 0 Å². The molecule has 1 unspecified atom stereocenters. The molecule has 28 heavy (non-hydrogen) atoms. The van der Waals surface area contributed by atoms with E-state index in [0.717, 1.165) is 12.8 Å². The summed E-state index contributed by atoms with van der Waals surface area (Å²) in [5.41, 5.74) is 7.20. The Hall–Kier alpha value is -2.89.